The highest BCUT2D eigenvalue weighted by molar-refractivity contribution is 5.69. The van der Waals surface area contributed by atoms with Crippen molar-refractivity contribution in [1.29, 1.82) is 0 Å². The van der Waals surface area contributed by atoms with Gasteiger partial charge in [-0.1, -0.05) is 0 Å². The Morgan fingerprint density at radius 2 is 1.78 bits per heavy atom. The van der Waals surface area contributed by atoms with Crippen LogP contribution in [0.15, 0.2) is 18.3 Å². The van der Waals surface area contributed by atoms with Crippen molar-refractivity contribution in [3.05, 3.63) is 29.8 Å². The molecule has 1 aliphatic heterocycles. The first-order chi connectivity index (χ1) is 12.8. The number of hydrogen-bond acceptors (Lipinski definition) is 5. The van der Waals surface area contributed by atoms with Gasteiger partial charge in [0.15, 0.2) is 11.6 Å². The van der Waals surface area contributed by atoms with Crippen LogP contribution in [0.4, 0.5) is 23.2 Å². The minimum absolute atomic E-state index is 0.0201. The summed E-state index contributed by atoms with van der Waals surface area (Å²) in [6.45, 7) is 1.15. The molecule has 1 saturated heterocycles. The van der Waals surface area contributed by atoms with Crippen LogP contribution in [-0.4, -0.2) is 33.8 Å². The molecule has 0 amide bonds. The molecular formula is C17H18F4N4O2. The van der Waals surface area contributed by atoms with Crippen molar-refractivity contribution >= 4 is 5.69 Å². The molecule has 27 heavy (non-hydrogen) atoms. The van der Waals surface area contributed by atoms with Gasteiger partial charge in [-0.25, -0.2) is 9.37 Å². The normalized spacial score (nSPS) is 20.4. The fraction of sp³-hybridized carbons (Fsp3) is 0.529. The number of hydrogen-bond donors (Lipinski definition) is 1. The lowest BCUT2D eigenvalue weighted by molar-refractivity contribution is -0.181. The topological polar surface area (TPSA) is 75.2 Å². The molecule has 2 aromatic heterocycles. The fourth-order valence-corrected chi connectivity index (χ4v) is 3.64. The quantitative estimate of drug-likeness (QED) is 0.799. The van der Waals surface area contributed by atoms with Crippen LogP contribution in [0.5, 0.6) is 0 Å². The van der Waals surface area contributed by atoms with Crippen LogP contribution in [0.25, 0.3) is 11.4 Å². The summed E-state index contributed by atoms with van der Waals surface area (Å²) in [7, 11) is 0. The van der Waals surface area contributed by atoms with E-state index in [1.807, 2.05) is 0 Å². The third kappa shape index (κ3) is 3.39. The molecule has 2 aromatic rings. The Balaban J connectivity index is 1.59. The van der Waals surface area contributed by atoms with Crippen molar-refractivity contribution < 1.29 is 27.0 Å². The van der Waals surface area contributed by atoms with E-state index in [2.05, 4.69) is 10.1 Å². The van der Waals surface area contributed by atoms with Crippen molar-refractivity contribution in [2.24, 2.45) is 0 Å². The summed E-state index contributed by atoms with van der Waals surface area (Å²) in [5.74, 6) is -1.44. The van der Waals surface area contributed by atoms with Gasteiger partial charge in [0.1, 0.15) is 17.1 Å². The Bertz CT molecular complexity index is 836. The average Bonchev–Trinajstić information content (AvgIpc) is 3.22. The van der Waals surface area contributed by atoms with Gasteiger partial charge in [0.2, 0.25) is 0 Å². The number of nitrogens with two attached hydrogens (primary N) is 1. The van der Waals surface area contributed by atoms with Crippen molar-refractivity contribution in [2.45, 2.75) is 43.7 Å². The van der Waals surface area contributed by atoms with Gasteiger partial charge in [0.25, 0.3) is 0 Å². The number of halogens is 4. The van der Waals surface area contributed by atoms with Crippen LogP contribution in [0.1, 0.15) is 37.4 Å². The second-order valence-electron chi connectivity index (χ2n) is 6.78. The molecule has 2 aliphatic rings. The van der Waals surface area contributed by atoms with Crippen LogP contribution in [0.3, 0.4) is 0 Å². The summed E-state index contributed by atoms with van der Waals surface area (Å²) in [6.07, 6.45) is -0.390. The lowest BCUT2D eigenvalue weighted by atomic mass is 9.90. The van der Waals surface area contributed by atoms with Crippen molar-refractivity contribution in [3.63, 3.8) is 0 Å². The highest BCUT2D eigenvalue weighted by atomic mass is 19.4. The van der Waals surface area contributed by atoms with Crippen LogP contribution < -0.4 is 5.73 Å². The summed E-state index contributed by atoms with van der Waals surface area (Å²) >= 11 is 0. The number of anilines is 1. The van der Waals surface area contributed by atoms with Crippen molar-refractivity contribution in [3.8, 4) is 11.4 Å². The first kappa shape index (κ1) is 18.2. The molecule has 0 radical (unpaired) electrons. The van der Waals surface area contributed by atoms with Gasteiger partial charge in [-0.2, -0.15) is 18.3 Å². The van der Waals surface area contributed by atoms with E-state index in [9.17, 15) is 17.6 Å². The second kappa shape index (κ2) is 6.45. The zero-order valence-electron chi connectivity index (χ0n) is 14.3. The molecule has 0 bridgehead atoms. The van der Waals surface area contributed by atoms with E-state index in [0.717, 1.165) is 6.07 Å². The number of nitrogens with zero attached hydrogens (tertiary/aromatic N) is 3. The Kier molecular flexibility index (Phi) is 4.34. The van der Waals surface area contributed by atoms with Crippen LogP contribution in [0, 0.1) is 5.82 Å². The van der Waals surface area contributed by atoms with Crippen LogP contribution in [0.2, 0.25) is 0 Å². The smallest absolute Gasteiger partial charge is 0.396 e. The fourth-order valence-electron chi connectivity index (χ4n) is 3.64. The molecule has 1 spiro atoms. The minimum Gasteiger partial charge on any atom is -0.396 e. The van der Waals surface area contributed by atoms with E-state index in [0.29, 0.717) is 45.0 Å². The van der Waals surface area contributed by atoms with Gasteiger partial charge in [-0.3, -0.25) is 4.68 Å². The van der Waals surface area contributed by atoms with E-state index < -0.39 is 29.2 Å². The maximum absolute atomic E-state index is 14.1. The zero-order chi connectivity index (χ0) is 19.2. The Morgan fingerprint density at radius 1 is 1.11 bits per heavy atom. The highest BCUT2D eigenvalue weighted by Crippen LogP contribution is 2.41. The minimum atomic E-state index is -4.68. The lowest BCUT2D eigenvalue weighted by Gasteiger charge is -2.35. The Labute approximate surface area is 152 Å². The molecule has 2 fully saturated rings. The molecule has 146 valence electrons. The van der Waals surface area contributed by atoms with Crippen LogP contribution in [-0.2, 0) is 15.7 Å². The summed E-state index contributed by atoms with van der Waals surface area (Å²) in [4.78, 5) is 3.40. The largest absolute Gasteiger partial charge is 0.433 e. The first-order valence-corrected chi connectivity index (χ1v) is 8.64. The summed E-state index contributed by atoms with van der Waals surface area (Å²) < 4.78 is 65.7. The maximum atomic E-state index is 14.1. The lowest BCUT2D eigenvalue weighted by Crippen LogP contribution is -2.35. The number of ether oxygens (including phenoxy) is 2. The van der Waals surface area contributed by atoms with E-state index >= 15 is 0 Å². The Morgan fingerprint density at radius 3 is 2.41 bits per heavy atom. The number of alkyl halides is 3. The van der Waals surface area contributed by atoms with E-state index in [1.165, 1.54) is 6.20 Å². The average molecular weight is 386 g/mol. The molecule has 3 heterocycles. The third-order valence-corrected chi connectivity index (χ3v) is 5.03. The van der Waals surface area contributed by atoms with Crippen molar-refractivity contribution in [1.82, 2.24) is 14.8 Å². The maximum Gasteiger partial charge on any atom is 0.433 e. The van der Waals surface area contributed by atoms with E-state index in [1.54, 1.807) is 4.68 Å². The summed E-state index contributed by atoms with van der Waals surface area (Å²) in [5.41, 5.74) is 4.20. The SMILES string of the molecule is Nc1cn(C2CCC3(CC2)OCCO3)nc1-c1nc(C(F)(F)F)ccc1F. The first-order valence-electron chi connectivity index (χ1n) is 8.64. The van der Waals surface area contributed by atoms with Crippen LogP contribution >= 0.6 is 0 Å². The van der Waals surface area contributed by atoms with Gasteiger partial charge in [-0.15, -0.1) is 0 Å². The summed E-state index contributed by atoms with van der Waals surface area (Å²) in [6, 6.07) is 1.30. The molecule has 0 aromatic carbocycles. The molecule has 2 N–H and O–H groups in total. The van der Waals surface area contributed by atoms with E-state index in [-0.39, 0.29) is 17.4 Å². The monoisotopic (exact) mass is 386 g/mol. The molecule has 0 atom stereocenters. The molecule has 6 nitrogen and oxygen atoms in total. The molecule has 4 rings (SSSR count). The van der Waals surface area contributed by atoms with Gasteiger partial charge in [0, 0.05) is 19.0 Å². The highest BCUT2D eigenvalue weighted by Gasteiger charge is 2.41. The zero-order valence-corrected chi connectivity index (χ0v) is 14.3. The third-order valence-electron chi connectivity index (χ3n) is 5.03. The number of rotatable bonds is 2. The molecule has 1 saturated carbocycles. The predicted molar refractivity (Wildman–Crippen MR) is 87.0 cm³/mol. The molecule has 0 unspecified atom stereocenters. The molecule has 10 heteroatoms. The number of aromatic nitrogens is 3. The Hall–Kier alpha value is -2.20. The van der Waals surface area contributed by atoms with Crippen molar-refractivity contribution in [2.75, 3.05) is 18.9 Å². The summed E-state index contributed by atoms with van der Waals surface area (Å²) in [5, 5.41) is 4.24. The standard InChI is InChI=1S/C17H18F4N4O2/c18-11-1-2-13(17(19,20)21)23-14(11)15-12(22)9-25(24-15)10-3-5-16(6-4-10)26-7-8-27-16/h1-2,9-10H,3-8,22H2. The molecule has 1 aliphatic carbocycles. The van der Waals surface area contributed by atoms with E-state index in [4.69, 9.17) is 15.2 Å². The number of pyridine rings is 1. The van der Waals surface area contributed by atoms with Gasteiger partial charge < -0.3 is 15.2 Å². The van der Waals surface area contributed by atoms with Gasteiger partial charge in [-0.05, 0) is 25.0 Å². The predicted octanol–water partition coefficient (Wildman–Crippen LogP) is 3.54. The second-order valence-corrected chi connectivity index (χ2v) is 6.78. The molecular weight excluding hydrogens is 368 g/mol. The number of nitrogen functional groups attached to an aromatic ring is 1. The van der Waals surface area contributed by atoms with Gasteiger partial charge in [0.05, 0.1) is 24.9 Å². The van der Waals surface area contributed by atoms with Gasteiger partial charge >= 0.3 is 6.18 Å².